The zero-order valence-electron chi connectivity index (χ0n) is 6.81. The highest BCUT2D eigenvalue weighted by molar-refractivity contribution is 5.85. The lowest BCUT2D eigenvalue weighted by Gasteiger charge is -2.25. The highest BCUT2D eigenvalue weighted by Crippen LogP contribution is 2.21. The minimum atomic E-state index is 0. The van der Waals surface area contributed by atoms with E-state index in [0.717, 1.165) is 13.2 Å². The molecule has 0 aliphatic carbocycles. The third-order valence-corrected chi connectivity index (χ3v) is 1.50. The first-order valence-corrected chi connectivity index (χ1v) is 3.46. The Bertz CT molecular complexity index is 94.3. The van der Waals surface area contributed by atoms with Gasteiger partial charge in [0.15, 0.2) is 0 Å². The zero-order chi connectivity index (χ0) is 6.91. The number of halogens is 1. The third-order valence-electron chi connectivity index (χ3n) is 1.50. The second-order valence-electron chi connectivity index (χ2n) is 3.57. The normalized spacial score (nSPS) is 26.1. The Morgan fingerprint density at radius 3 is 2.20 bits per heavy atom. The molecule has 3 heteroatoms. The summed E-state index contributed by atoms with van der Waals surface area (Å²) < 4.78 is 5.41. The second kappa shape index (κ2) is 3.56. The van der Waals surface area contributed by atoms with E-state index in [2.05, 4.69) is 26.1 Å². The molecule has 1 fully saturated rings. The first-order valence-electron chi connectivity index (χ1n) is 3.46. The molecule has 1 unspecified atom stereocenters. The average Bonchev–Trinajstić information content (AvgIpc) is 2.08. The van der Waals surface area contributed by atoms with Crippen molar-refractivity contribution in [3.63, 3.8) is 0 Å². The van der Waals surface area contributed by atoms with Crippen LogP contribution < -0.4 is 5.32 Å². The quantitative estimate of drug-likeness (QED) is 0.586. The van der Waals surface area contributed by atoms with Crippen LogP contribution in [0.15, 0.2) is 0 Å². The fourth-order valence-corrected chi connectivity index (χ4v) is 0.982. The van der Waals surface area contributed by atoms with E-state index in [-0.39, 0.29) is 24.0 Å². The van der Waals surface area contributed by atoms with Crippen molar-refractivity contribution in [3.8, 4) is 0 Å². The molecule has 1 atom stereocenters. The molecule has 1 aliphatic rings. The van der Waals surface area contributed by atoms with Crippen LogP contribution in [-0.4, -0.2) is 19.4 Å². The van der Waals surface area contributed by atoms with Crippen LogP contribution in [0.3, 0.4) is 0 Å². The summed E-state index contributed by atoms with van der Waals surface area (Å²) >= 11 is 0. The van der Waals surface area contributed by atoms with Crippen LogP contribution in [0.1, 0.15) is 20.8 Å². The fraction of sp³-hybridized carbons (Fsp3) is 1.00. The molecule has 0 aromatic carbocycles. The van der Waals surface area contributed by atoms with E-state index in [0.29, 0.717) is 0 Å². The van der Waals surface area contributed by atoms with E-state index < -0.39 is 0 Å². The van der Waals surface area contributed by atoms with Crippen molar-refractivity contribution < 1.29 is 4.74 Å². The van der Waals surface area contributed by atoms with Crippen LogP contribution in [0, 0.1) is 5.41 Å². The molecule has 1 heterocycles. The first kappa shape index (κ1) is 10.2. The van der Waals surface area contributed by atoms with Crippen LogP contribution in [0.5, 0.6) is 0 Å². The molecule has 0 radical (unpaired) electrons. The van der Waals surface area contributed by atoms with Gasteiger partial charge in [-0.25, -0.2) is 0 Å². The molecular formula is C7H16ClNO. The van der Waals surface area contributed by atoms with Crippen molar-refractivity contribution in [3.05, 3.63) is 0 Å². The number of rotatable bonds is 0. The minimum Gasteiger partial charge on any atom is -0.361 e. The lowest BCUT2D eigenvalue weighted by Crippen LogP contribution is -2.35. The Kier molecular flexibility index (Phi) is 3.63. The van der Waals surface area contributed by atoms with Gasteiger partial charge in [-0.1, -0.05) is 20.8 Å². The van der Waals surface area contributed by atoms with Gasteiger partial charge in [-0.3, -0.25) is 5.32 Å². The van der Waals surface area contributed by atoms with Gasteiger partial charge in [-0.2, -0.15) is 0 Å². The Balaban J connectivity index is 0.000000810. The van der Waals surface area contributed by atoms with Crippen molar-refractivity contribution in [1.29, 1.82) is 0 Å². The molecule has 1 saturated heterocycles. The van der Waals surface area contributed by atoms with Gasteiger partial charge < -0.3 is 4.74 Å². The standard InChI is InChI=1S/C7H15NO.ClH/c1-7(2,3)6-8-4-5-9-6;/h6,8H,4-5H2,1-3H3;1H. The summed E-state index contributed by atoms with van der Waals surface area (Å²) in [5.74, 6) is 0. The van der Waals surface area contributed by atoms with Crippen molar-refractivity contribution in [2.24, 2.45) is 5.41 Å². The largest absolute Gasteiger partial charge is 0.361 e. The molecule has 0 aromatic rings. The monoisotopic (exact) mass is 165 g/mol. The van der Waals surface area contributed by atoms with Crippen LogP contribution in [0.25, 0.3) is 0 Å². The summed E-state index contributed by atoms with van der Waals surface area (Å²) in [6, 6.07) is 0. The van der Waals surface area contributed by atoms with E-state index in [1.54, 1.807) is 0 Å². The highest BCUT2D eigenvalue weighted by Gasteiger charge is 2.27. The van der Waals surface area contributed by atoms with E-state index in [1.165, 1.54) is 0 Å². The number of hydrogen-bond acceptors (Lipinski definition) is 2. The summed E-state index contributed by atoms with van der Waals surface area (Å²) in [5, 5.41) is 3.27. The SMILES string of the molecule is CC(C)(C)C1NCCO1.Cl. The Morgan fingerprint density at radius 1 is 1.40 bits per heavy atom. The maximum absolute atomic E-state index is 5.41. The maximum atomic E-state index is 5.41. The van der Waals surface area contributed by atoms with E-state index in [9.17, 15) is 0 Å². The predicted molar refractivity (Wildman–Crippen MR) is 44.4 cm³/mol. The maximum Gasteiger partial charge on any atom is 0.113 e. The minimum absolute atomic E-state index is 0. The molecule has 1 N–H and O–H groups in total. The van der Waals surface area contributed by atoms with Crippen molar-refractivity contribution >= 4 is 12.4 Å². The summed E-state index contributed by atoms with van der Waals surface area (Å²) in [4.78, 5) is 0. The zero-order valence-corrected chi connectivity index (χ0v) is 7.62. The molecular weight excluding hydrogens is 150 g/mol. The molecule has 62 valence electrons. The third kappa shape index (κ3) is 2.45. The van der Waals surface area contributed by atoms with E-state index >= 15 is 0 Å². The molecule has 1 rings (SSSR count). The smallest absolute Gasteiger partial charge is 0.113 e. The van der Waals surface area contributed by atoms with Gasteiger partial charge in [-0.15, -0.1) is 12.4 Å². The number of nitrogens with one attached hydrogen (secondary N) is 1. The molecule has 0 bridgehead atoms. The molecule has 0 saturated carbocycles. The molecule has 2 nitrogen and oxygen atoms in total. The van der Waals surface area contributed by atoms with Gasteiger partial charge in [0.25, 0.3) is 0 Å². The highest BCUT2D eigenvalue weighted by atomic mass is 35.5. The van der Waals surface area contributed by atoms with Crippen molar-refractivity contribution in [2.45, 2.75) is 27.0 Å². The average molecular weight is 166 g/mol. The summed E-state index contributed by atoms with van der Waals surface area (Å²) in [6.45, 7) is 8.39. The van der Waals surface area contributed by atoms with Crippen molar-refractivity contribution in [1.82, 2.24) is 5.32 Å². The van der Waals surface area contributed by atoms with Crippen LogP contribution in [0.4, 0.5) is 0 Å². The predicted octanol–water partition coefficient (Wildman–Crippen LogP) is 1.40. The Hall–Kier alpha value is 0.210. The summed E-state index contributed by atoms with van der Waals surface area (Å²) in [6.07, 6.45) is 0.262. The molecule has 0 spiro atoms. The van der Waals surface area contributed by atoms with Gasteiger partial charge in [0.1, 0.15) is 6.23 Å². The first-order chi connectivity index (χ1) is 4.11. The topological polar surface area (TPSA) is 21.3 Å². The number of ether oxygens (including phenoxy) is 1. The van der Waals surface area contributed by atoms with Gasteiger partial charge in [0.05, 0.1) is 6.61 Å². The molecule has 1 aliphatic heterocycles. The Morgan fingerprint density at radius 2 is 2.00 bits per heavy atom. The fourth-order valence-electron chi connectivity index (χ4n) is 0.982. The molecule has 0 amide bonds. The van der Waals surface area contributed by atoms with Gasteiger partial charge in [-0.05, 0) is 0 Å². The molecule has 10 heavy (non-hydrogen) atoms. The van der Waals surface area contributed by atoms with Crippen LogP contribution >= 0.6 is 12.4 Å². The van der Waals surface area contributed by atoms with Gasteiger partial charge in [0.2, 0.25) is 0 Å². The lowest BCUT2D eigenvalue weighted by molar-refractivity contribution is 0.0174. The van der Waals surface area contributed by atoms with Crippen LogP contribution in [0.2, 0.25) is 0 Å². The van der Waals surface area contributed by atoms with Gasteiger partial charge in [0, 0.05) is 12.0 Å². The summed E-state index contributed by atoms with van der Waals surface area (Å²) in [7, 11) is 0. The number of hydrogen-bond donors (Lipinski definition) is 1. The van der Waals surface area contributed by atoms with Crippen LogP contribution in [-0.2, 0) is 4.74 Å². The van der Waals surface area contributed by atoms with E-state index in [4.69, 9.17) is 4.74 Å². The van der Waals surface area contributed by atoms with Gasteiger partial charge >= 0.3 is 0 Å². The molecule has 0 aromatic heterocycles. The Labute approximate surface area is 68.7 Å². The lowest BCUT2D eigenvalue weighted by atomic mass is 9.95. The second-order valence-corrected chi connectivity index (χ2v) is 3.57. The van der Waals surface area contributed by atoms with Crippen molar-refractivity contribution in [2.75, 3.05) is 13.2 Å². The summed E-state index contributed by atoms with van der Waals surface area (Å²) in [5.41, 5.74) is 0.247. The van der Waals surface area contributed by atoms with E-state index in [1.807, 2.05) is 0 Å².